The smallest absolute Gasteiger partial charge is 0.156 e. The Balaban J connectivity index is 2.64. The molecule has 0 amide bonds. The van der Waals surface area contributed by atoms with E-state index in [0.29, 0.717) is 5.76 Å². The molecule has 0 bridgehead atoms. The summed E-state index contributed by atoms with van der Waals surface area (Å²) in [5.74, 6) is 0.566. The van der Waals surface area contributed by atoms with Crippen LogP contribution in [0.15, 0.2) is 24.9 Å². The molecular weight excluding hydrogens is 178 g/mol. The quantitative estimate of drug-likeness (QED) is 0.674. The molecule has 2 rings (SSSR count). The molecule has 0 fully saturated rings. The average Bonchev–Trinajstić information content (AvgIpc) is 2.64. The van der Waals surface area contributed by atoms with Crippen molar-refractivity contribution in [2.45, 2.75) is 6.92 Å². The Morgan fingerprint density at radius 3 is 3.07 bits per heavy atom. The lowest BCUT2D eigenvalue weighted by atomic mass is 10.3. The van der Waals surface area contributed by atoms with Crippen LogP contribution in [0.1, 0.15) is 11.4 Å². The van der Waals surface area contributed by atoms with Gasteiger partial charge in [-0.1, -0.05) is 6.58 Å². The Kier molecular flexibility index (Phi) is 1.96. The zero-order chi connectivity index (χ0) is 10.1. The van der Waals surface area contributed by atoms with Gasteiger partial charge < -0.3 is 4.74 Å². The number of ether oxygens (including phenoxy) is 1. The number of nitrogens with zero attached hydrogens (tertiary/aromatic N) is 3. The molecule has 4 heteroatoms. The van der Waals surface area contributed by atoms with Crippen molar-refractivity contribution in [3.05, 3.63) is 36.3 Å². The molecule has 0 saturated carbocycles. The Morgan fingerprint density at radius 2 is 2.36 bits per heavy atom. The highest BCUT2D eigenvalue weighted by Gasteiger charge is 2.05. The van der Waals surface area contributed by atoms with Gasteiger partial charge in [-0.2, -0.15) is 5.10 Å². The van der Waals surface area contributed by atoms with Crippen LogP contribution in [0.4, 0.5) is 0 Å². The van der Waals surface area contributed by atoms with Crippen molar-refractivity contribution >= 4 is 11.4 Å². The normalized spacial score (nSPS) is 10.4. The van der Waals surface area contributed by atoms with E-state index in [1.807, 2.05) is 19.1 Å². The summed E-state index contributed by atoms with van der Waals surface area (Å²) >= 11 is 0. The Hall–Kier alpha value is -1.84. The van der Waals surface area contributed by atoms with Crippen LogP contribution in [-0.2, 0) is 4.74 Å². The highest BCUT2D eigenvalue weighted by molar-refractivity contribution is 5.56. The van der Waals surface area contributed by atoms with E-state index in [1.165, 1.54) is 0 Å². The van der Waals surface area contributed by atoms with Gasteiger partial charge in [0.25, 0.3) is 0 Å². The molecule has 0 atom stereocenters. The van der Waals surface area contributed by atoms with Gasteiger partial charge in [-0.15, -0.1) is 0 Å². The molecule has 0 saturated heterocycles. The minimum atomic E-state index is 0.566. The first-order chi connectivity index (χ1) is 6.72. The van der Waals surface area contributed by atoms with E-state index in [1.54, 1.807) is 17.8 Å². The van der Waals surface area contributed by atoms with Crippen LogP contribution in [0.5, 0.6) is 0 Å². The van der Waals surface area contributed by atoms with Gasteiger partial charge in [0.1, 0.15) is 11.5 Å². The summed E-state index contributed by atoms with van der Waals surface area (Å²) in [4.78, 5) is 4.34. The number of hydrogen-bond donors (Lipinski definition) is 0. The van der Waals surface area contributed by atoms with Gasteiger partial charge in [0.2, 0.25) is 0 Å². The van der Waals surface area contributed by atoms with Gasteiger partial charge in [-0.05, 0) is 13.0 Å². The van der Waals surface area contributed by atoms with E-state index in [-0.39, 0.29) is 0 Å². The predicted octanol–water partition coefficient (Wildman–Crippen LogP) is 1.65. The van der Waals surface area contributed by atoms with Crippen molar-refractivity contribution in [1.82, 2.24) is 14.6 Å². The molecule has 2 aromatic heterocycles. The predicted molar refractivity (Wildman–Crippen MR) is 53.8 cm³/mol. The fourth-order valence-corrected chi connectivity index (χ4v) is 1.31. The standard InChI is InChI=1S/C10H11N3O/c1-7-6-9(8(2)14-3)12-10-4-5-11-13(7)10/h4-6H,2H2,1,3H3. The van der Waals surface area contributed by atoms with Crippen LogP contribution in [-0.4, -0.2) is 21.7 Å². The van der Waals surface area contributed by atoms with Gasteiger partial charge in [-0.25, -0.2) is 9.50 Å². The van der Waals surface area contributed by atoms with E-state index in [0.717, 1.165) is 17.0 Å². The molecule has 0 aliphatic heterocycles. The summed E-state index contributed by atoms with van der Waals surface area (Å²) in [6.07, 6.45) is 1.72. The SMILES string of the molecule is C=C(OC)c1cc(C)n2nccc2n1. The van der Waals surface area contributed by atoms with E-state index in [4.69, 9.17) is 4.74 Å². The summed E-state index contributed by atoms with van der Waals surface area (Å²) in [7, 11) is 1.58. The number of hydrogen-bond acceptors (Lipinski definition) is 3. The van der Waals surface area contributed by atoms with Crippen LogP contribution in [0.3, 0.4) is 0 Å². The highest BCUT2D eigenvalue weighted by Crippen LogP contribution is 2.13. The lowest BCUT2D eigenvalue weighted by Gasteiger charge is -2.05. The number of fused-ring (bicyclic) bond motifs is 1. The van der Waals surface area contributed by atoms with E-state index >= 15 is 0 Å². The third-order valence-corrected chi connectivity index (χ3v) is 2.07. The molecule has 72 valence electrons. The van der Waals surface area contributed by atoms with Crippen LogP contribution in [0, 0.1) is 6.92 Å². The van der Waals surface area contributed by atoms with Gasteiger partial charge in [-0.3, -0.25) is 0 Å². The fraction of sp³-hybridized carbons (Fsp3) is 0.200. The van der Waals surface area contributed by atoms with Crippen molar-refractivity contribution in [2.24, 2.45) is 0 Å². The zero-order valence-electron chi connectivity index (χ0n) is 8.19. The second-order valence-corrected chi connectivity index (χ2v) is 3.01. The fourth-order valence-electron chi connectivity index (χ4n) is 1.31. The second kappa shape index (κ2) is 3.14. The largest absolute Gasteiger partial charge is 0.495 e. The van der Waals surface area contributed by atoms with Crippen molar-refractivity contribution in [1.29, 1.82) is 0 Å². The lowest BCUT2D eigenvalue weighted by molar-refractivity contribution is 0.369. The minimum Gasteiger partial charge on any atom is -0.495 e. The van der Waals surface area contributed by atoms with Gasteiger partial charge >= 0.3 is 0 Å². The molecule has 0 radical (unpaired) electrons. The molecule has 4 nitrogen and oxygen atoms in total. The lowest BCUT2D eigenvalue weighted by Crippen LogP contribution is -1.99. The first kappa shape index (κ1) is 8.74. The molecule has 0 spiro atoms. The van der Waals surface area contributed by atoms with Crippen molar-refractivity contribution in [3.8, 4) is 0 Å². The van der Waals surface area contributed by atoms with Gasteiger partial charge in [0, 0.05) is 11.8 Å². The Bertz CT molecular complexity index is 487. The molecular formula is C10H11N3O. The van der Waals surface area contributed by atoms with Gasteiger partial charge in [0.05, 0.1) is 13.3 Å². The topological polar surface area (TPSA) is 39.4 Å². The summed E-state index contributed by atoms with van der Waals surface area (Å²) in [5, 5.41) is 4.13. The number of aryl methyl sites for hydroxylation is 1. The summed E-state index contributed by atoms with van der Waals surface area (Å²) in [6, 6.07) is 3.74. The highest BCUT2D eigenvalue weighted by atomic mass is 16.5. The molecule has 2 heterocycles. The molecule has 0 aliphatic rings. The Labute approximate surface area is 81.8 Å². The van der Waals surface area contributed by atoms with Crippen LogP contribution >= 0.6 is 0 Å². The number of methoxy groups -OCH3 is 1. The van der Waals surface area contributed by atoms with Crippen molar-refractivity contribution in [2.75, 3.05) is 7.11 Å². The third-order valence-electron chi connectivity index (χ3n) is 2.07. The minimum absolute atomic E-state index is 0.566. The summed E-state index contributed by atoms with van der Waals surface area (Å²) in [6.45, 7) is 5.73. The molecule has 0 unspecified atom stereocenters. The van der Waals surface area contributed by atoms with E-state index in [2.05, 4.69) is 16.7 Å². The third kappa shape index (κ3) is 1.25. The van der Waals surface area contributed by atoms with Gasteiger partial charge in [0.15, 0.2) is 5.65 Å². The monoisotopic (exact) mass is 189 g/mol. The van der Waals surface area contributed by atoms with Crippen LogP contribution in [0.25, 0.3) is 11.4 Å². The molecule has 14 heavy (non-hydrogen) atoms. The van der Waals surface area contributed by atoms with E-state index in [9.17, 15) is 0 Å². The Morgan fingerprint density at radius 1 is 1.57 bits per heavy atom. The van der Waals surface area contributed by atoms with Crippen LogP contribution < -0.4 is 0 Å². The molecule has 0 aliphatic carbocycles. The molecule has 2 aromatic rings. The van der Waals surface area contributed by atoms with Crippen molar-refractivity contribution < 1.29 is 4.74 Å². The summed E-state index contributed by atoms with van der Waals surface area (Å²) < 4.78 is 6.80. The zero-order valence-corrected chi connectivity index (χ0v) is 8.19. The summed E-state index contributed by atoms with van der Waals surface area (Å²) in [5.41, 5.74) is 2.56. The molecule has 0 aromatic carbocycles. The maximum Gasteiger partial charge on any atom is 0.156 e. The number of aromatic nitrogens is 3. The maximum atomic E-state index is 5.03. The van der Waals surface area contributed by atoms with Crippen molar-refractivity contribution in [3.63, 3.8) is 0 Å². The second-order valence-electron chi connectivity index (χ2n) is 3.01. The van der Waals surface area contributed by atoms with E-state index < -0.39 is 0 Å². The van der Waals surface area contributed by atoms with Crippen LogP contribution in [0.2, 0.25) is 0 Å². The number of rotatable bonds is 2. The molecule has 0 N–H and O–H groups in total. The first-order valence-corrected chi connectivity index (χ1v) is 4.27. The first-order valence-electron chi connectivity index (χ1n) is 4.27. The maximum absolute atomic E-state index is 5.03. The average molecular weight is 189 g/mol.